The fourth-order valence-electron chi connectivity index (χ4n) is 2.90. The standard InChI is InChI=1S/C20H16N6O4S2/c21-32(29,30)16-8-9-17(18(11-16)26(27)28)23-22-12-14-13-25(15-5-2-1-3-6-15)24-20(14)19-7-4-10-31-19/h1-13,23H,(H2,21,29,30)/b22-12-. The lowest BCUT2D eigenvalue weighted by molar-refractivity contribution is -0.384. The summed E-state index contributed by atoms with van der Waals surface area (Å²) in [5, 5.41) is 27.1. The number of aromatic nitrogens is 2. The highest BCUT2D eigenvalue weighted by atomic mass is 32.2. The molecule has 0 spiro atoms. The second-order valence-electron chi connectivity index (χ2n) is 6.54. The second-order valence-corrected chi connectivity index (χ2v) is 9.05. The van der Waals surface area contributed by atoms with E-state index in [9.17, 15) is 18.5 Å². The first-order chi connectivity index (χ1) is 15.3. The SMILES string of the molecule is NS(=O)(=O)c1ccc(N/N=C\c2cn(-c3ccccc3)nc2-c2cccs2)c([N+](=O)[O-])c1. The van der Waals surface area contributed by atoms with E-state index in [1.807, 2.05) is 47.8 Å². The maximum Gasteiger partial charge on any atom is 0.295 e. The van der Waals surface area contributed by atoms with Gasteiger partial charge in [-0.1, -0.05) is 24.3 Å². The van der Waals surface area contributed by atoms with E-state index >= 15 is 0 Å². The first-order valence-corrected chi connectivity index (χ1v) is 11.5. The van der Waals surface area contributed by atoms with Crippen molar-refractivity contribution in [2.45, 2.75) is 4.90 Å². The predicted molar refractivity (Wildman–Crippen MR) is 123 cm³/mol. The van der Waals surface area contributed by atoms with Crippen molar-refractivity contribution in [2.75, 3.05) is 5.43 Å². The minimum Gasteiger partial charge on any atom is -0.272 e. The van der Waals surface area contributed by atoms with E-state index in [-0.39, 0.29) is 10.6 Å². The van der Waals surface area contributed by atoms with Gasteiger partial charge in [0.1, 0.15) is 11.4 Å². The molecule has 0 bridgehead atoms. The fourth-order valence-corrected chi connectivity index (χ4v) is 4.17. The van der Waals surface area contributed by atoms with Crippen molar-refractivity contribution in [3.8, 4) is 16.3 Å². The third-order valence-electron chi connectivity index (χ3n) is 4.40. The van der Waals surface area contributed by atoms with Crippen LogP contribution in [0.15, 0.2) is 82.2 Å². The van der Waals surface area contributed by atoms with Gasteiger partial charge < -0.3 is 0 Å². The lowest BCUT2D eigenvalue weighted by atomic mass is 10.2. The molecule has 2 aromatic carbocycles. The van der Waals surface area contributed by atoms with Crippen LogP contribution in [0.3, 0.4) is 0 Å². The van der Waals surface area contributed by atoms with E-state index in [0.29, 0.717) is 11.3 Å². The summed E-state index contributed by atoms with van der Waals surface area (Å²) in [6, 6.07) is 16.7. The summed E-state index contributed by atoms with van der Waals surface area (Å²) in [5.41, 5.74) is 4.41. The molecule has 4 rings (SSSR count). The molecule has 4 aromatic rings. The second kappa shape index (κ2) is 8.70. The lowest BCUT2D eigenvalue weighted by Crippen LogP contribution is -2.12. The normalized spacial score (nSPS) is 11.7. The van der Waals surface area contributed by atoms with Crippen LogP contribution < -0.4 is 10.6 Å². The molecule has 12 heteroatoms. The number of hydrogen-bond acceptors (Lipinski definition) is 8. The summed E-state index contributed by atoms with van der Waals surface area (Å²) in [6.45, 7) is 0. The molecule has 0 aliphatic carbocycles. The lowest BCUT2D eigenvalue weighted by Gasteiger charge is -2.04. The number of nitro groups is 1. The number of thiophene rings is 1. The Kier molecular flexibility index (Phi) is 5.81. The summed E-state index contributed by atoms with van der Waals surface area (Å²) < 4.78 is 24.7. The zero-order chi connectivity index (χ0) is 22.7. The Morgan fingerprint density at radius 3 is 2.59 bits per heavy atom. The summed E-state index contributed by atoms with van der Waals surface area (Å²) in [5.74, 6) is 0. The van der Waals surface area contributed by atoms with Crippen LogP contribution in [0, 0.1) is 10.1 Å². The Hall–Kier alpha value is -3.87. The van der Waals surface area contributed by atoms with Crippen LogP contribution in [-0.4, -0.2) is 29.3 Å². The zero-order valence-corrected chi connectivity index (χ0v) is 18.0. The predicted octanol–water partition coefficient (Wildman–Crippen LogP) is 3.60. The molecule has 0 fully saturated rings. The molecule has 2 heterocycles. The van der Waals surface area contributed by atoms with Crippen molar-refractivity contribution < 1.29 is 13.3 Å². The van der Waals surface area contributed by atoms with E-state index < -0.39 is 20.6 Å². The molecule has 162 valence electrons. The van der Waals surface area contributed by atoms with E-state index in [0.717, 1.165) is 16.6 Å². The minimum absolute atomic E-state index is 0.0202. The molecule has 0 amide bonds. The van der Waals surface area contributed by atoms with Gasteiger partial charge in [-0.3, -0.25) is 15.5 Å². The maximum atomic E-state index is 11.5. The molecular formula is C20H16N6O4S2. The van der Waals surface area contributed by atoms with Gasteiger partial charge in [-0.15, -0.1) is 11.3 Å². The van der Waals surface area contributed by atoms with Gasteiger partial charge >= 0.3 is 0 Å². The summed E-state index contributed by atoms with van der Waals surface area (Å²) in [7, 11) is -4.07. The van der Waals surface area contributed by atoms with Crippen molar-refractivity contribution in [1.29, 1.82) is 0 Å². The molecule has 32 heavy (non-hydrogen) atoms. The Balaban J connectivity index is 1.67. The molecule has 10 nitrogen and oxygen atoms in total. The summed E-state index contributed by atoms with van der Waals surface area (Å²) in [4.78, 5) is 11.2. The monoisotopic (exact) mass is 468 g/mol. The van der Waals surface area contributed by atoms with Gasteiger partial charge in [0, 0.05) is 17.8 Å². The van der Waals surface area contributed by atoms with Crippen molar-refractivity contribution in [3.05, 3.63) is 87.9 Å². The van der Waals surface area contributed by atoms with E-state index in [1.165, 1.54) is 29.7 Å². The topological polar surface area (TPSA) is 146 Å². The quantitative estimate of drug-likeness (QED) is 0.241. The number of rotatable bonds is 7. The molecule has 0 saturated heterocycles. The first kappa shape index (κ1) is 21.4. The molecule has 0 aliphatic rings. The third kappa shape index (κ3) is 4.56. The molecule has 0 saturated carbocycles. The van der Waals surface area contributed by atoms with Gasteiger partial charge in [-0.25, -0.2) is 18.2 Å². The van der Waals surface area contributed by atoms with Gasteiger partial charge in [0.05, 0.1) is 26.6 Å². The zero-order valence-electron chi connectivity index (χ0n) is 16.3. The molecule has 2 aromatic heterocycles. The van der Waals surface area contributed by atoms with Gasteiger partial charge in [-0.05, 0) is 35.7 Å². The number of benzene rings is 2. The average Bonchev–Trinajstić information content (AvgIpc) is 3.43. The maximum absolute atomic E-state index is 11.5. The van der Waals surface area contributed by atoms with Gasteiger partial charge in [0.25, 0.3) is 5.69 Å². The number of nitrogens with zero attached hydrogens (tertiary/aromatic N) is 4. The largest absolute Gasteiger partial charge is 0.295 e. The number of para-hydroxylation sites is 1. The summed E-state index contributed by atoms with van der Waals surface area (Å²) in [6.07, 6.45) is 3.30. The van der Waals surface area contributed by atoms with Crippen LogP contribution in [0.5, 0.6) is 0 Å². The van der Waals surface area contributed by atoms with Crippen LogP contribution in [0.25, 0.3) is 16.3 Å². The molecular weight excluding hydrogens is 452 g/mol. The number of nitrogens with two attached hydrogens (primary N) is 1. The average molecular weight is 469 g/mol. The number of anilines is 1. The van der Waals surface area contributed by atoms with Crippen LogP contribution in [0.4, 0.5) is 11.4 Å². The number of sulfonamides is 1. The van der Waals surface area contributed by atoms with Crippen molar-refractivity contribution in [3.63, 3.8) is 0 Å². The van der Waals surface area contributed by atoms with Gasteiger partial charge in [0.2, 0.25) is 10.0 Å². The Bertz CT molecular complexity index is 1400. The van der Waals surface area contributed by atoms with Crippen LogP contribution in [0.1, 0.15) is 5.56 Å². The fraction of sp³-hybridized carbons (Fsp3) is 0. The third-order valence-corrected chi connectivity index (χ3v) is 6.19. The van der Waals surface area contributed by atoms with Crippen LogP contribution in [0.2, 0.25) is 0 Å². The molecule has 3 N–H and O–H groups in total. The molecule has 0 atom stereocenters. The number of hydrogen-bond donors (Lipinski definition) is 2. The Morgan fingerprint density at radius 1 is 1.16 bits per heavy atom. The highest BCUT2D eigenvalue weighted by Gasteiger charge is 2.19. The van der Waals surface area contributed by atoms with Crippen molar-refractivity contribution in [1.82, 2.24) is 9.78 Å². The van der Waals surface area contributed by atoms with Crippen molar-refractivity contribution >= 4 is 38.9 Å². The first-order valence-electron chi connectivity index (χ1n) is 9.12. The highest BCUT2D eigenvalue weighted by molar-refractivity contribution is 7.89. The van der Waals surface area contributed by atoms with E-state index in [1.54, 1.807) is 10.9 Å². The Labute approximate surface area is 186 Å². The van der Waals surface area contributed by atoms with E-state index in [2.05, 4.69) is 15.6 Å². The smallest absolute Gasteiger partial charge is 0.272 e. The van der Waals surface area contributed by atoms with Crippen LogP contribution in [-0.2, 0) is 10.0 Å². The number of nitrogens with one attached hydrogen (secondary N) is 1. The van der Waals surface area contributed by atoms with Crippen molar-refractivity contribution in [2.24, 2.45) is 10.2 Å². The molecule has 0 aliphatic heterocycles. The minimum atomic E-state index is -4.07. The van der Waals surface area contributed by atoms with Crippen LogP contribution >= 0.6 is 11.3 Å². The summed E-state index contributed by atoms with van der Waals surface area (Å²) >= 11 is 1.52. The molecule has 0 unspecified atom stereocenters. The van der Waals surface area contributed by atoms with Gasteiger partial charge in [-0.2, -0.15) is 10.2 Å². The Morgan fingerprint density at radius 2 is 1.94 bits per heavy atom. The van der Waals surface area contributed by atoms with Gasteiger partial charge in [0.15, 0.2) is 0 Å². The number of primary sulfonamides is 1. The van der Waals surface area contributed by atoms with E-state index in [4.69, 9.17) is 5.14 Å². The highest BCUT2D eigenvalue weighted by Crippen LogP contribution is 2.28. The number of nitro benzene ring substituents is 1. The number of hydrazone groups is 1. The molecule has 0 radical (unpaired) electrons.